The zero-order chi connectivity index (χ0) is 30.0. The molecule has 6 heteroatoms. The van der Waals surface area contributed by atoms with E-state index in [1.807, 2.05) is 0 Å². The smallest absolute Gasteiger partial charge is 0.399 e. The summed E-state index contributed by atoms with van der Waals surface area (Å²) >= 11 is 7.08. The second-order valence-electron chi connectivity index (χ2n) is 12.6. The lowest BCUT2D eigenvalue weighted by molar-refractivity contribution is 0.00578. The minimum Gasteiger partial charge on any atom is -0.399 e. The van der Waals surface area contributed by atoms with E-state index in [1.165, 1.54) is 73.9 Å². The van der Waals surface area contributed by atoms with Gasteiger partial charge in [0.05, 0.1) is 11.2 Å². The molecule has 0 radical (unpaired) electrons. The zero-order valence-electron chi connectivity index (χ0n) is 26.0. The molecule has 1 fully saturated rings. The SMILES string of the molecule is CC1(C)OB(c2ccc(N(c3ccc(CCCCCCBr)cc3)c3ccc(CCCCCCBr)cc3)cc2)OC1(C)C. The molecule has 0 atom stereocenters. The average molecular weight is 697 g/mol. The molecule has 0 spiro atoms. The Morgan fingerprint density at radius 3 is 1.26 bits per heavy atom. The van der Waals surface area contributed by atoms with E-state index < -0.39 is 0 Å². The molecular formula is C36H48BBr2NO2. The molecule has 1 heterocycles. The van der Waals surface area contributed by atoms with E-state index in [1.54, 1.807) is 0 Å². The highest BCUT2D eigenvalue weighted by Crippen LogP contribution is 2.38. The molecule has 4 rings (SSSR count). The Labute approximate surface area is 272 Å². The normalized spacial score (nSPS) is 15.7. The summed E-state index contributed by atoms with van der Waals surface area (Å²) < 4.78 is 12.6. The van der Waals surface area contributed by atoms with E-state index >= 15 is 0 Å². The maximum atomic E-state index is 6.31. The number of aryl methyl sites for hydroxylation is 2. The number of unbranched alkanes of at least 4 members (excludes halogenated alkanes) is 6. The van der Waals surface area contributed by atoms with Gasteiger partial charge >= 0.3 is 7.12 Å². The number of benzene rings is 3. The van der Waals surface area contributed by atoms with Gasteiger partial charge in [0.2, 0.25) is 0 Å². The molecule has 0 unspecified atom stereocenters. The van der Waals surface area contributed by atoms with E-state index in [-0.39, 0.29) is 18.3 Å². The molecule has 0 amide bonds. The van der Waals surface area contributed by atoms with Gasteiger partial charge in [0.25, 0.3) is 0 Å². The second-order valence-corrected chi connectivity index (χ2v) is 14.1. The fourth-order valence-corrected chi connectivity index (χ4v) is 6.18. The van der Waals surface area contributed by atoms with Crippen molar-refractivity contribution in [3.8, 4) is 0 Å². The summed E-state index contributed by atoms with van der Waals surface area (Å²) in [6, 6.07) is 27.0. The molecule has 0 bridgehead atoms. The fourth-order valence-electron chi connectivity index (χ4n) is 5.38. The van der Waals surface area contributed by atoms with Crippen LogP contribution in [0.15, 0.2) is 72.8 Å². The summed E-state index contributed by atoms with van der Waals surface area (Å²) in [5.41, 5.74) is 6.62. The Bertz CT molecular complexity index is 1140. The number of hydrogen-bond donors (Lipinski definition) is 0. The van der Waals surface area contributed by atoms with E-state index in [2.05, 4.69) is 137 Å². The molecule has 3 aromatic rings. The van der Waals surface area contributed by atoms with Gasteiger partial charge in [-0.25, -0.2) is 0 Å². The quantitative estimate of drug-likeness (QED) is 0.0845. The van der Waals surface area contributed by atoms with Crippen LogP contribution in [0.3, 0.4) is 0 Å². The van der Waals surface area contributed by atoms with Gasteiger partial charge in [-0.3, -0.25) is 0 Å². The van der Waals surface area contributed by atoms with Crippen molar-refractivity contribution in [1.29, 1.82) is 0 Å². The van der Waals surface area contributed by atoms with Crippen molar-refractivity contribution in [2.75, 3.05) is 15.6 Å². The van der Waals surface area contributed by atoms with Gasteiger partial charge < -0.3 is 14.2 Å². The number of anilines is 3. The van der Waals surface area contributed by atoms with Crippen LogP contribution >= 0.6 is 31.9 Å². The Balaban J connectivity index is 1.53. The lowest BCUT2D eigenvalue weighted by Crippen LogP contribution is -2.41. The van der Waals surface area contributed by atoms with Crippen molar-refractivity contribution >= 4 is 61.5 Å². The standard InChI is InChI=1S/C36H48BBr2NO2/c1-35(2)36(3,4)42-37(41-35)31-19-25-34(26-20-31)40(32-21-15-29(16-22-32)13-9-5-7-11-27-38)33-23-17-30(18-24-33)14-10-6-8-12-28-39/h15-26H,5-14,27-28H2,1-4H3. The summed E-state index contributed by atoms with van der Waals surface area (Å²) in [7, 11) is -0.361. The van der Waals surface area contributed by atoms with Gasteiger partial charge in [0.15, 0.2) is 0 Å². The van der Waals surface area contributed by atoms with Crippen molar-refractivity contribution in [3.63, 3.8) is 0 Å². The van der Waals surface area contributed by atoms with Crippen molar-refractivity contribution in [3.05, 3.63) is 83.9 Å². The molecule has 0 aliphatic carbocycles. The summed E-state index contributed by atoms with van der Waals surface area (Å²) in [6.45, 7) is 8.40. The lowest BCUT2D eigenvalue weighted by atomic mass is 9.79. The van der Waals surface area contributed by atoms with Crippen LogP contribution in [0.2, 0.25) is 0 Å². The van der Waals surface area contributed by atoms with Crippen LogP contribution < -0.4 is 10.4 Å². The maximum Gasteiger partial charge on any atom is 0.494 e. The Morgan fingerprint density at radius 2 is 0.881 bits per heavy atom. The van der Waals surface area contributed by atoms with Gasteiger partial charge in [0, 0.05) is 27.7 Å². The second kappa shape index (κ2) is 15.9. The van der Waals surface area contributed by atoms with Crippen LogP contribution in [0, 0.1) is 0 Å². The first-order valence-corrected chi connectivity index (χ1v) is 18.0. The molecule has 3 aromatic carbocycles. The summed E-state index contributed by atoms with van der Waals surface area (Å²) in [4.78, 5) is 2.35. The van der Waals surface area contributed by atoms with E-state index in [9.17, 15) is 0 Å². The van der Waals surface area contributed by atoms with Crippen LogP contribution in [-0.2, 0) is 22.2 Å². The van der Waals surface area contributed by atoms with Crippen molar-refractivity contribution in [2.45, 2.75) is 103 Å². The van der Waals surface area contributed by atoms with Gasteiger partial charge in [-0.05, 0) is 119 Å². The van der Waals surface area contributed by atoms with Crippen molar-refractivity contribution in [2.24, 2.45) is 0 Å². The highest BCUT2D eigenvalue weighted by atomic mass is 79.9. The van der Waals surface area contributed by atoms with E-state index in [0.29, 0.717) is 0 Å². The summed E-state index contributed by atoms with van der Waals surface area (Å²) in [5.74, 6) is 0. The largest absolute Gasteiger partial charge is 0.494 e. The molecule has 42 heavy (non-hydrogen) atoms. The van der Waals surface area contributed by atoms with Crippen LogP contribution in [0.25, 0.3) is 0 Å². The Morgan fingerprint density at radius 1 is 0.524 bits per heavy atom. The van der Waals surface area contributed by atoms with Gasteiger partial charge in [0.1, 0.15) is 0 Å². The molecule has 0 N–H and O–H groups in total. The minimum atomic E-state index is -0.361. The minimum absolute atomic E-state index is 0.353. The van der Waals surface area contributed by atoms with Crippen molar-refractivity contribution < 1.29 is 9.31 Å². The van der Waals surface area contributed by atoms with Gasteiger partial charge in [-0.1, -0.05) is 93.9 Å². The van der Waals surface area contributed by atoms with E-state index in [0.717, 1.165) is 34.7 Å². The number of rotatable bonds is 16. The monoisotopic (exact) mass is 695 g/mol. The third kappa shape index (κ3) is 8.97. The molecule has 1 aliphatic heterocycles. The van der Waals surface area contributed by atoms with Gasteiger partial charge in [-0.2, -0.15) is 0 Å². The molecule has 226 valence electrons. The predicted octanol–water partition coefficient (Wildman–Crippen LogP) is 10.5. The molecule has 3 nitrogen and oxygen atoms in total. The molecule has 1 saturated heterocycles. The number of hydrogen-bond acceptors (Lipinski definition) is 3. The summed E-state index contributed by atoms with van der Waals surface area (Å²) in [6.07, 6.45) is 12.5. The lowest BCUT2D eigenvalue weighted by Gasteiger charge is -2.32. The summed E-state index contributed by atoms with van der Waals surface area (Å²) in [5, 5.41) is 2.21. The first-order valence-electron chi connectivity index (χ1n) is 15.8. The predicted molar refractivity (Wildman–Crippen MR) is 189 cm³/mol. The third-order valence-corrected chi connectivity index (χ3v) is 9.89. The fraction of sp³-hybridized carbons (Fsp3) is 0.500. The van der Waals surface area contributed by atoms with Crippen LogP contribution in [0.5, 0.6) is 0 Å². The average Bonchev–Trinajstić information content (AvgIpc) is 3.21. The van der Waals surface area contributed by atoms with E-state index in [4.69, 9.17) is 9.31 Å². The molecule has 0 saturated carbocycles. The first-order chi connectivity index (χ1) is 20.2. The molecule has 1 aliphatic rings. The highest BCUT2D eigenvalue weighted by molar-refractivity contribution is 9.09. The maximum absolute atomic E-state index is 6.31. The number of halogens is 2. The van der Waals surface area contributed by atoms with Crippen molar-refractivity contribution in [1.82, 2.24) is 0 Å². The molecule has 0 aromatic heterocycles. The topological polar surface area (TPSA) is 21.7 Å². The van der Waals surface area contributed by atoms with Gasteiger partial charge in [-0.15, -0.1) is 0 Å². The third-order valence-electron chi connectivity index (χ3n) is 8.76. The number of alkyl halides is 2. The Hall–Kier alpha value is -1.60. The molecular weight excluding hydrogens is 649 g/mol. The van der Waals surface area contributed by atoms with Crippen LogP contribution in [-0.4, -0.2) is 29.0 Å². The number of nitrogens with zero attached hydrogens (tertiary/aromatic N) is 1. The van der Waals surface area contributed by atoms with Crippen LogP contribution in [0.1, 0.15) is 90.2 Å². The Kier molecular flexibility index (Phi) is 12.6. The first kappa shape index (κ1) is 33.3. The zero-order valence-corrected chi connectivity index (χ0v) is 29.2. The van der Waals surface area contributed by atoms with Crippen LogP contribution in [0.4, 0.5) is 17.1 Å². The highest BCUT2D eigenvalue weighted by Gasteiger charge is 2.51.